The van der Waals surface area contributed by atoms with Crippen molar-refractivity contribution in [2.75, 3.05) is 30.9 Å². The van der Waals surface area contributed by atoms with Crippen LogP contribution in [0.4, 0.5) is 0 Å². The van der Waals surface area contributed by atoms with Crippen LogP contribution in [0.5, 0.6) is 5.88 Å². The summed E-state index contributed by atoms with van der Waals surface area (Å²) in [4.78, 5) is 0. The van der Waals surface area contributed by atoms with Crippen molar-refractivity contribution in [3.05, 3.63) is 11.3 Å². The van der Waals surface area contributed by atoms with Crippen molar-refractivity contribution < 1.29 is 4.74 Å². The Bertz CT molecular complexity index is 389. The molecule has 6 heteroatoms. The number of hydrogen-bond acceptors (Lipinski definition) is 5. The van der Waals surface area contributed by atoms with Crippen LogP contribution in [0.2, 0.25) is 0 Å². The van der Waals surface area contributed by atoms with E-state index in [1.807, 2.05) is 14.0 Å². The van der Waals surface area contributed by atoms with Crippen LogP contribution in [-0.4, -0.2) is 45.9 Å². The standard InChI is InChI=1S/C12H21N3OS2/c1-9-11(12(16-3)15(2)14-9)7-13-6-10-8-17-4-5-18-10/h10,13H,4-8H2,1-3H3. The van der Waals surface area contributed by atoms with Crippen LogP contribution in [-0.2, 0) is 13.6 Å². The molecule has 0 aliphatic carbocycles. The van der Waals surface area contributed by atoms with Gasteiger partial charge in [0.1, 0.15) is 0 Å². The zero-order chi connectivity index (χ0) is 13.0. The summed E-state index contributed by atoms with van der Waals surface area (Å²) in [6, 6.07) is 0. The lowest BCUT2D eigenvalue weighted by Gasteiger charge is -2.21. The van der Waals surface area contributed by atoms with Gasteiger partial charge >= 0.3 is 0 Å². The number of nitrogens with zero attached hydrogens (tertiary/aromatic N) is 2. The Balaban J connectivity index is 1.85. The van der Waals surface area contributed by atoms with E-state index in [-0.39, 0.29) is 0 Å². The number of ether oxygens (including phenoxy) is 1. The Morgan fingerprint density at radius 3 is 3.00 bits per heavy atom. The Morgan fingerprint density at radius 1 is 1.50 bits per heavy atom. The summed E-state index contributed by atoms with van der Waals surface area (Å²) in [6.45, 7) is 3.93. The summed E-state index contributed by atoms with van der Waals surface area (Å²) in [5, 5.41) is 8.66. The third kappa shape index (κ3) is 3.36. The quantitative estimate of drug-likeness (QED) is 0.892. The van der Waals surface area contributed by atoms with E-state index in [0.29, 0.717) is 0 Å². The maximum absolute atomic E-state index is 5.39. The molecular weight excluding hydrogens is 266 g/mol. The molecule has 102 valence electrons. The van der Waals surface area contributed by atoms with Crippen LogP contribution >= 0.6 is 23.5 Å². The molecule has 1 aliphatic heterocycles. The Hall–Kier alpha value is -0.330. The molecule has 1 aromatic rings. The molecule has 1 N–H and O–H groups in total. The highest BCUT2D eigenvalue weighted by molar-refractivity contribution is 8.06. The van der Waals surface area contributed by atoms with E-state index in [4.69, 9.17) is 4.74 Å². The monoisotopic (exact) mass is 287 g/mol. The molecule has 0 spiro atoms. The number of rotatable bonds is 5. The molecule has 1 saturated heterocycles. The minimum Gasteiger partial charge on any atom is -0.481 e. The number of hydrogen-bond donors (Lipinski definition) is 1. The third-order valence-electron chi connectivity index (χ3n) is 3.04. The summed E-state index contributed by atoms with van der Waals surface area (Å²) in [5.41, 5.74) is 2.22. The van der Waals surface area contributed by atoms with Crippen LogP contribution in [0, 0.1) is 6.92 Å². The summed E-state index contributed by atoms with van der Waals surface area (Å²) in [5.74, 6) is 4.72. The zero-order valence-corrected chi connectivity index (χ0v) is 12.9. The highest BCUT2D eigenvalue weighted by atomic mass is 32.2. The Labute approximate surface area is 117 Å². The van der Waals surface area contributed by atoms with Gasteiger partial charge in [-0.05, 0) is 6.92 Å². The molecule has 1 aromatic heterocycles. The number of thioether (sulfide) groups is 2. The molecule has 18 heavy (non-hydrogen) atoms. The molecule has 1 fully saturated rings. The molecule has 2 rings (SSSR count). The fourth-order valence-electron chi connectivity index (χ4n) is 2.15. The second kappa shape index (κ2) is 6.73. The van der Waals surface area contributed by atoms with E-state index in [1.165, 1.54) is 22.8 Å². The molecule has 2 heterocycles. The molecule has 1 aliphatic rings. The van der Waals surface area contributed by atoms with E-state index in [9.17, 15) is 0 Å². The van der Waals surface area contributed by atoms with Crippen LogP contribution in [0.15, 0.2) is 0 Å². The van der Waals surface area contributed by atoms with E-state index in [2.05, 4.69) is 33.9 Å². The van der Waals surface area contributed by atoms with Gasteiger partial charge < -0.3 is 10.1 Å². The van der Waals surface area contributed by atoms with Crippen molar-refractivity contribution in [3.63, 3.8) is 0 Å². The molecule has 0 radical (unpaired) electrons. The van der Waals surface area contributed by atoms with Gasteiger partial charge in [-0.15, -0.1) is 0 Å². The predicted molar refractivity (Wildman–Crippen MR) is 79.8 cm³/mol. The van der Waals surface area contributed by atoms with Gasteiger partial charge in [0, 0.05) is 42.6 Å². The van der Waals surface area contributed by atoms with Crippen LogP contribution in [0.1, 0.15) is 11.3 Å². The minimum absolute atomic E-state index is 0.742. The lowest BCUT2D eigenvalue weighted by atomic mass is 10.2. The molecule has 1 atom stereocenters. The fourth-order valence-corrected chi connectivity index (χ4v) is 4.80. The van der Waals surface area contributed by atoms with Crippen molar-refractivity contribution in [3.8, 4) is 5.88 Å². The highest BCUT2D eigenvalue weighted by Gasteiger charge is 2.16. The largest absolute Gasteiger partial charge is 0.481 e. The van der Waals surface area contributed by atoms with Crippen molar-refractivity contribution >= 4 is 23.5 Å². The van der Waals surface area contributed by atoms with E-state index in [1.54, 1.807) is 11.8 Å². The maximum Gasteiger partial charge on any atom is 0.216 e. The first-order valence-electron chi connectivity index (χ1n) is 6.19. The zero-order valence-electron chi connectivity index (χ0n) is 11.2. The first-order valence-corrected chi connectivity index (χ1v) is 8.39. The third-order valence-corrected chi connectivity index (χ3v) is 5.89. The van der Waals surface area contributed by atoms with Crippen LogP contribution in [0.3, 0.4) is 0 Å². The molecular formula is C12H21N3OS2. The topological polar surface area (TPSA) is 39.1 Å². The van der Waals surface area contributed by atoms with E-state index >= 15 is 0 Å². The normalized spacial score (nSPS) is 20.1. The van der Waals surface area contributed by atoms with E-state index in [0.717, 1.165) is 29.9 Å². The number of aromatic nitrogens is 2. The second-order valence-electron chi connectivity index (χ2n) is 4.40. The predicted octanol–water partition coefficient (Wildman–Crippen LogP) is 1.68. The van der Waals surface area contributed by atoms with Gasteiger partial charge in [-0.25, -0.2) is 4.68 Å². The van der Waals surface area contributed by atoms with Gasteiger partial charge in [-0.3, -0.25) is 0 Å². The van der Waals surface area contributed by atoms with Crippen LogP contribution in [0.25, 0.3) is 0 Å². The fraction of sp³-hybridized carbons (Fsp3) is 0.750. The van der Waals surface area contributed by atoms with Gasteiger partial charge in [0.05, 0.1) is 18.4 Å². The lowest BCUT2D eigenvalue weighted by molar-refractivity contribution is 0.368. The van der Waals surface area contributed by atoms with Crippen molar-refractivity contribution in [1.29, 1.82) is 0 Å². The average Bonchev–Trinajstić information content (AvgIpc) is 2.65. The highest BCUT2D eigenvalue weighted by Crippen LogP contribution is 2.24. The molecule has 0 bridgehead atoms. The Kier molecular flexibility index (Phi) is 5.26. The molecule has 0 saturated carbocycles. The average molecular weight is 287 g/mol. The molecule has 0 amide bonds. The summed E-state index contributed by atoms with van der Waals surface area (Å²) < 4.78 is 7.19. The van der Waals surface area contributed by atoms with Crippen LogP contribution < -0.4 is 10.1 Å². The number of methoxy groups -OCH3 is 1. The molecule has 4 nitrogen and oxygen atoms in total. The summed E-state index contributed by atoms with van der Waals surface area (Å²) in [6.07, 6.45) is 0. The first kappa shape index (κ1) is 14.1. The van der Waals surface area contributed by atoms with Gasteiger partial charge in [-0.2, -0.15) is 28.6 Å². The maximum atomic E-state index is 5.39. The Morgan fingerprint density at radius 2 is 2.33 bits per heavy atom. The van der Waals surface area contributed by atoms with Crippen molar-refractivity contribution in [2.24, 2.45) is 7.05 Å². The second-order valence-corrected chi connectivity index (χ2v) is 6.95. The smallest absolute Gasteiger partial charge is 0.216 e. The number of nitrogens with one attached hydrogen (secondary N) is 1. The van der Waals surface area contributed by atoms with E-state index < -0.39 is 0 Å². The van der Waals surface area contributed by atoms with Crippen molar-refractivity contribution in [2.45, 2.75) is 18.7 Å². The number of aryl methyl sites for hydroxylation is 2. The van der Waals surface area contributed by atoms with Crippen molar-refractivity contribution in [1.82, 2.24) is 15.1 Å². The van der Waals surface area contributed by atoms with Gasteiger partial charge in [0.15, 0.2) is 0 Å². The van der Waals surface area contributed by atoms with Gasteiger partial charge in [-0.1, -0.05) is 0 Å². The molecule has 0 aromatic carbocycles. The van der Waals surface area contributed by atoms with Gasteiger partial charge in [0.25, 0.3) is 0 Å². The van der Waals surface area contributed by atoms with Gasteiger partial charge in [0.2, 0.25) is 5.88 Å². The minimum atomic E-state index is 0.742. The molecule has 1 unspecified atom stereocenters. The summed E-state index contributed by atoms with van der Waals surface area (Å²) >= 11 is 4.14. The lowest BCUT2D eigenvalue weighted by Crippen LogP contribution is -2.28. The SMILES string of the molecule is COc1c(CNCC2CSCCS2)c(C)nn1C. The first-order chi connectivity index (χ1) is 8.72. The summed E-state index contributed by atoms with van der Waals surface area (Å²) in [7, 11) is 3.62.